The van der Waals surface area contributed by atoms with Gasteiger partial charge in [0.15, 0.2) is 0 Å². The van der Waals surface area contributed by atoms with E-state index in [0.29, 0.717) is 10.8 Å². The number of aliphatic hydroxyl groups excluding tert-OH is 1. The van der Waals surface area contributed by atoms with Crippen LogP contribution in [0.4, 0.5) is 0 Å². The summed E-state index contributed by atoms with van der Waals surface area (Å²) in [6, 6.07) is 0. The molecule has 0 aromatic rings. The molecule has 0 aromatic carbocycles. The Morgan fingerprint density at radius 3 is 2.70 bits per heavy atom. The second kappa shape index (κ2) is 7.21. The lowest BCUT2D eigenvalue weighted by molar-refractivity contribution is -0.0492. The van der Waals surface area contributed by atoms with Crippen LogP contribution in [0.1, 0.15) is 85.5 Å². The van der Waals surface area contributed by atoms with Crippen molar-refractivity contribution in [1.29, 1.82) is 0 Å². The third-order valence-corrected chi connectivity index (χ3v) is 9.26. The molecule has 0 aromatic heterocycles. The number of allylic oxidation sites excluding steroid dienone is 5. The summed E-state index contributed by atoms with van der Waals surface area (Å²) in [5, 5.41) is 10.2. The van der Waals surface area contributed by atoms with Crippen molar-refractivity contribution in [1.82, 2.24) is 0 Å². The van der Waals surface area contributed by atoms with Crippen molar-refractivity contribution in [2.75, 3.05) is 0 Å². The molecule has 0 bridgehead atoms. The highest BCUT2D eigenvalue weighted by Crippen LogP contribution is 2.66. The molecule has 0 amide bonds. The van der Waals surface area contributed by atoms with Crippen LogP contribution in [0.25, 0.3) is 0 Å². The molecule has 0 spiro atoms. The van der Waals surface area contributed by atoms with E-state index in [9.17, 15) is 5.11 Å². The maximum Gasteiger partial charge on any atom is 0.0577 e. The van der Waals surface area contributed by atoms with Gasteiger partial charge in [0.25, 0.3) is 0 Å². The van der Waals surface area contributed by atoms with Gasteiger partial charge in [-0.2, -0.15) is 0 Å². The number of hydrogen-bond donors (Lipinski definition) is 1. The minimum atomic E-state index is -0.0850. The largest absolute Gasteiger partial charge is 0.393 e. The monoisotopic (exact) mass is 368 g/mol. The van der Waals surface area contributed by atoms with E-state index in [1.54, 1.807) is 5.57 Å². The second-order valence-corrected chi connectivity index (χ2v) is 10.9. The van der Waals surface area contributed by atoms with Crippen LogP contribution in [0.2, 0.25) is 0 Å². The van der Waals surface area contributed by atoms with Gasteiger partial charge in [-0.25, -0.2) is 0 Å². The quantitative estimate of drug-likeness (QED) is 0.427. The van der Waals surface area contributed by atoms with Gasteiger partial charge in [0.1, 0.15) is 0 Å². The number of aliphatic hydroxyl groups is 1. The molecular weight excluding hydrogens is 328 g/mol. The third-order valence-electron chi connectivity index (χ3n) is 9.26. The molecule has 7 unspecified atom stereocenters. The van der Waals surface area contributed by atoms with E-state index >= 15 is 0 Å². The molecule has 4 aliphatic rings. The van der Waals surface area contributed by atoms with Gasteiger partial charge in [-0.1, -0.05) is 49.3 Å². The van der Waals surface area contributed by atoms with Crippen molar-refractivity contribution >= 4 is 0 Å². The third kappa shape index (κ3) is 3.28. The molecule has 0 saturated heterocycles. The van der Waals surface area contributed by atoms with Crippen molar-refractivity contribution in [2.24, 2.45) is 34.5 Å². The fourth-order valence-electron chi connectivity index (χ4n) is 7.64. The van der Waals surface area contributed by atoms with Crippen molar-refractivity contribution in [3.8, 4) is 0 Å². The molecule has 4 aliphatic carbocycles. The summed E-state index contributed by atoms with van der Waals surface area (Å²) in [4.78, 5) is 0. The minimum absolute atomic E-state index is 0.0850. The topological polar surface area (TPSA) is 20.2 Å². The van der Waals surface area contributed by atoms with Gasteiger partial charge >= 0.3 is 0 Å². The van der Waals surface area contributed by atoms with Crippen LogP contribution in [0, 0.1) is 34.5 Å². The van der Waals surface area contributed by atoms with E-state index < -0.39 is 0 Å². The van der Waals surface area contributed by atoms with E-state index in [1.165, 1.54) is 50.5 Å². The van der Waals surface area contributed by atoms with E-state index in [0.717, 1.165) is 36.5 Å². The first-order valence-electron chi connectivity index (χ1n) is 11.5. The average Bonchev–Trinajstić information content (AvgIpc) is 2.96. The van der Waals surface area contributed by atoms with E-state index in [2.05, 4.69) is 52.0 Å². The molecule has 3 saturated carbocycles. The summed E-state index contributed by atoms with van der Waals surface area (Å²) in [7, 11) is 0. The summed E-state index contributed by atoms with van der Waals surface area (Å²) in [6.07, 6.45) is 20.9. The van der Waals surface area contributed by atoms with Crippen LogP contribution in [-0.2, 0) is 0 Å². The lowest BCUT2D eigenvalue weighted by Gasteiger charge is -2.58. The summed E-state index contributed by atoms with van der Waals surface area (Å²) in [6.45, 7) is 9.52. The molecule has 27 heavy (non-hydrogen) atoms. The summed E-state index contributed by atoms with van der Waals surface area (Å²) in [5.41, 5.74) is 3.92. The lowest BCUT2D eigenvalue weighted by Crippen LogP contribution is -2.50. The maximum absolute atomic E-state index is 10.2. The summed E-state index contributed by atoms with van der Waals surface area (Å²) >= 11 is 0. The zero-order valence-corrected chi connectivity index (χ0v) is 18.0. The predicted octanol–water partition coefficient (Wildman–Crippen LogP) is 6.84. The molecule has 150 valence electrons. The van der Waals surface area contributed by atoms with E-state index in [-0.39, 0.29) is 6.10 Å². The fourth-order valence-corrected chi connectivity index (χ4v) is 7.64. The molecule has 1 heteroatoms. The molecule has 7 atom stereocenters. The van der Waals surface area contributed by atoms with Gasteiger partial charge in [0.05, 0.1) is 6.10 Å². The van der Waals surface area contributed by atoms with Gasteiger partial charge in [-0.3, -0.25) is 0 Å². The summed E-state index contributed by atoms with van der Waals surface area (Å²) in [5.74, 6) is 3.54. The van der Waals surface area contributed by atoms with Crippen LogP contribution < -0.4 is 0 Å². The van der Waals surface area contributed by atoms with Crippen molar-refractivity contribution < 1.29 is 5.11 Å². The average molecular weight is 369 g/mol. The van der Waals surface area contributed by atoms with Crippen LogP contribution in [-0.4, -0.2) is 11.2 Å². The predicted molar refractivity (Wildman–Crippen MR) is 114 cm³/mol. The molecule has 4 rings (SSSR count). The Bertz CT molecular complexity index is 651. The first-order chi connectivity index (χ1) is 12.8. The highest BCUT2D eigenvalue weighted by Gasteiger charge is 2.58. The second-order valence-electron chi connectivity index (χ2n) is 10.9. The molecule has 0 radical (unpaired) electrons. The van der Waals surface area contributed by atoms with Gasteiger partial charge < -0.3 is 5.11 Å². The molecular formula is C26H40O. The highest BCUT2D eigenvalue weighted by molar-refractivity contribution is 5.25. The Morgan fingerprint density at radius 1 is 1.11 bits per heavy atom. The molecule has 0 aliphatic heterocycles. The van der Waals surface area contributed by atoms with Crippen LogP contribution in [0.5, 0.6) is 0 Å². The van der Waals surface area contributed by atoms with Gasteiger partial charge in [0, 0.05) is 0 Å². The van der Waals surface area contributed by atoms with E-state index in [1.807, 2.05) is 0 Å². The Hall–Kier alpha value is -0.820. The van der Waals surface area contributed by atoms with Crippen molar-refractivity contribution in [2.45, 2.75) is 91.6 Å². The van der Waals surface area contributed by atoms with Crippen molar-refractivity contribution in [3.05, 3.63) is 35.5 Å². The van der Waals surface area contributed by atoms with Crippen LogP contribution in [0.15, 0.2) is 35.5 Å². The number of hydrogen-bond acceptors (Lipinski definition) is 1. The molecule has 1 N–H and O–H groups in total. The van der Waals surface area contributed by atoms with Crippen molar-refractivity contribution in [3.63, 3.8) is 0 Å². The van der Waals surface area contributed by atoms with Gasteiger partial charge in [-0.05, 0) is 106 Å². The molecule has 0 heterocycles. The Labute approximate surface area is 167 Å². The molecule has 3 fully saturated rings. The minimum Gasteiger partial charge on any atom is -0.393 e. The standard InChI is InChI=1S/C26H40O/c1-18(2)7-5-6-8-19-10-12-23-22-11-9-20-17-21(27)13-15-26(20,4)24(22)14-16-25(19,23)3/h5-7,9,19,21-24,27H,8,10-17H2,1-4H3/b6-5+. The lowest BCUT2D eigenvalue weighted by atomic mass is 9.47. The zero-order chi connectivity index (χ0) is 19.2. The highest BCUT2D eigenvalue weighted by atomic mass is 16.3. The maximum atomic E-state index is 10.2. The SMILES string of the molecule is CC(C)=C/C=C/CC1CCC2C3CC=C4CC(O)CCC4(C)C3CCC12C. The smallest absolute Gasteiger partial charge is 0.0577 e. The first-order valence-corrected chi connectivity index (χ1v) is 11.5. The van der Waals surface area contributed by atoms with Crippen LogP contribution in [0.3, 0.4) is 0 Å². The zero-order valence-electron chi connectivity index (χ0n) is 18.0. The Balaban J connectivity index is 1.52. The summed E-state index contributed by atoms with van der Waals surface area (Å²) < 4.78 is 0. The van der Waals surface area contributed by atoms with Gasteiger partial charge in [0.2, 0.25) is 0 Å². The first kappa shape index (κ1) is 19.5. The van der Waals surface area contributed by atoms with E-state index in [4.69, 9.17) is 0 Å². The van der Waals surface area contributed by atoms with Crippen LogP contribution >= 0.6 is 0 Å². The fraction of sp³-hybridized carbons (Fsp3) is 0.769. The number of fused-ring (bicyclic) bond motifs is 5. The number of rotatable bonds is 3. The Kier molecular flexibility index (Phi) is 5.21. The molecule has 1 nitrogen and oxygen atoms in total. The Morgan fingerprint density at radius 2 is 1.93 bits per heavy atom. The normalized spacial score (nSPS) is 46.4. The van der Waals surface area contributed by atoms with Gasteiger partial charge in [-0.15, -0.1) is 0 Å².